The molecule has 7 nitrogen and oxygen atoms in total. The number of nitrogens with zero attached hydrogens (tertiary/aromatic N) is 1. The van der Waals surface area contributed by atoms with Crippen LogP contribution < -0.4 is 5.32 Å². The maximum atomic E-state index is 13.1. The molecule has 1 aliphatic heterocycles. The van der Waals surface area contributed by atoms with Gasteiger partial charge in [0.2, 0.25) is 10.0 Å². The summed E-state index contributed by atoms with van der Waals surface area (Å²) in [5, 5.41) is 3.06. The van der Waals surface area contributed by atoms with E-state index in [-0.39, 0.29) is 25.0 Å². The van der Waals surface area contributed by atoms with Crippen molar-refractivity contribution in [1.82, 2.24) is 9.62 Å². The van der Waals surface area contributed by atoms with E-state index in [0.717, 1.165) is 24.0 Å². The third-order valence-corrected chi connectivity index (χ3v) is 9.49. The Bertz CT molecular complexity index is 969. The van der Waals surface area contributed by atoms with Gasteiger partial charge in [-0.05, 0) is 63.5 Å². The second-order valence-corrected chi connectivity index (χ2v) is 11.8. The minimum atomic E-state index is -3.60. The van der Waals surface area contributed by atoms with Crippen LogP contribution in [0.3, 0.4) is 0 Å². The summed E-state index contributed by atoms with van der Waals surface area (Å²) in [4.78, 5) is 25.6. The molecule has 1 saturated carbocycles. The van der Waals surface area contributed by atoms with Gasteiger partial charge in [0.15, 0.2) is 6.10 Å². The zero-order valence-corrected chi connectivity index (χ0v) is 21.3. The van der Waals surface area contributed by atoms with Gasteiger partial charge in [0.05, 0.1) is 10.8 Å². The zero-order valence-electron chi connectivity index (χ0n) is 20.5. The van der Waals surface area contributed by atoms with Crippen LogP contribution in [-0.2, 0) is 24.3 Å². The van der Waals surface area contributed by atoms with Gasteiger partial charge in [-0.3, -0.25) is 9.59 Å². The Balaban J connectivity index is 1.52. The van der Waals surface area contributed by atoms with Crippen molar-refractivity contribution in [3.8, 4) is 0 Å². The largest absolute Gasteiger partial charge is 0.452 e. The third kappa shape index (κ3) is 5.96. The second kappa shape index (κ2) is 10.6. The molecular weight excluding hydrogens is 440 g/mol. The predicted molar refractivity (Wildman–Crippen MR) is 127 cm³/mol. The number of carbonyl (C=O) groups excluding carboxylic acids is 2. The first-order chi connectivity index (χ1) is 15.5. The number of carbonyl (C=O) groups is 2. The Morgan fingerprint density at radius 2 is 1.76 bits per heavy atom. The highest BCUT2D eigenvalue weighted by Crippen LogP contribution is 2.30. The van der Waals surface area contributed by atoms with Crippen molar-refractivity contribution in [2.75, 3.05) is 13.1 Å². The molecular formula is C25H38N2O5S. The van der Waals surface area contributed by atoms with Crippen LogP contribution in [-0.4, -0.2) is 49.8 Å². The SMILES string of the molecule is Cc1ccc(S(=O)(=O)N2CCC(C(=O)O[C@@H](C)C(=O)N[C@@H]3CCC[C@H](C)[C@@H]3C)CC2)c(C)c1. The molecule has 1 aromatic rings. The summed E-state index contributed by atoms with van der Waals surface area (Å²) in [5.74, 6) is -0.129. The van der Waals surface area contributed by atoms with Crippen LogP contribution >= 0.6 is 0 Å². The number of aryl methyl sites for hydroxylation is 2. The molecule has 33 heavy (non-hydrogen) atoms. The maximum absolute atomic E-state index is 13.1. The van der Waals surface area contributed by atoms with Gasteiger partial charge < -0.3 is 10.1 Å². The second-order valence-electron chi connectivity index (χ2n) is 9.91. The lowest BCUT2D eigenvalue weighted by Gasteiger charge is -2.35. The van der Waals surface area contributed by atoms with E-state index in [1.165, 1.54) is 10.7 Å². The quantitative estimate of drug-likeness (QED) is 0.631. The Kier molecular flexibility index (Phi) is 8.22. The first-order valence-electron chi connectivity index (χ1n) is 12.1. The van der Waals surface area contributed by atoms with Gasteiger partial charge in [-0.1, -0.05) is 44.4 Å². The number of ether oxygens (including phenoxy) is 1. The molecule has 1 amide bonds. The molecule has 0 spiro atoms. The number of amides is 1. The van der Waals surface area contributed by atoms with Crippen molar-refractivity contribution in [2.24, 2.45) is 17.8 Å². The Labute approximate surface area is 198 Å². The minimum absolute atomic E-state index is 0.112. The molecule has 2 fully saturated rings. The third-order valence-electron chi connectivity index (χ3n) is 7.43. The summed E-state index contributed by atoms with van der Waals surface area (Å²) < 4.78 is 33.0. The Morgan fingerprint density at radius 1 is 1.09 bits per heavy atom. The lowest BCUT2D eigenvalue weighted by atomic mass is 9.78. The summed E-state index contributed by atoms with van der Waals surface area (Å²) in [6, 6.07) is 5.42. The van der Waals surface area contributed by atoms with Crippen molar-refractivity contribution in [1.29, 1.82) is 0 Å². The Morgan fingerprint density at radius 3 is 2.39 bits per heavy atom. The van der Waals surface area contributed by atoms with Crippen LogP contribution in [0.25, 0.3) is 0 Å². The monoisotopic (exact) mass is 478 g/mol. The molecule has 0 radical (unpaired) electrons. The molecule has 8 heteroatoms. The highest BCUT2D eigenvalue weighted by molar-refractivity contribution is 7.89. The van der Waals surface area contributed by atoms with Gasteiger partial charge >= 0.3 is 5.97 Å². The topological polar surface area (TPSA) is 92.8 Å². The number of sulfonamides is 1. The molecule has 0 aromatic heterocycles. The van der Waals surface area contributed by atoms with Crippen LogP contribution in [0.2, 0.25) is 0 Å². The number of rotatable bonds is 6. The molecule has 1 saturated heterocycles. The van der Waals surface area contributed by atoms with E-state index in [1.807, 2.05) is 13.0 Å². The number of hydrogen-bond donors (Lipinski definition) is 1. The number of hydrogen-bond acceptors (Lipinski definition) is 5. The summed E-state index contributed by atoms with van der Waals surface area (Å²) in [6.07, 6.45) is 3.12. The molecule has 2 aliphatic rings. The van der Waals surface area contributed by atoms with Gasteiger partial charge in [-0.25, -0.2) is 8.42 Å². The fraction of sp³-hybridized carbons (Fsp3) is 0.680. The average molecular weight is 479 g/mol. The minimum Gasteiger partial charge on any atom is -0.452 e. The van der Waals surface area contributed by atoms with Gasteiger partial charge in [0.25, 0.3) is 5.91 Å². The van der Waals surface area contributed by atoms with E-state index in [4.69, 9.17) is 4.74 Å². The normalized spacial score (nSPS) is 25.9. The molecule has 4 atom stereocenters. The first-order valence-corrected chi connectivity index (χ1v) is 13.5. The van der Waals surface area contributed by atoms with Crippen molar-refractivity contribution in [2.45, 2.75) is 83.8 Å². The highest BCUT2D eigenvalue weighted by Gasteiger charge is 2.35. The lowest BCUT2D eigenvalue weighted by Crippen LogP contribution is -2.48. The van der Waals surface area contributed by atoms with Crippen molar-refractivity contribution in [3.63, 3.8) is 0 Å². The van der Waals surface area contributed by atoms with Crippen molar-refractivity contribution < 1.29 is 22.7 Å². The molecule has 1 aliphatic carbocycles. The van der Waals surface area contributed by atoms with E-state index >= 15 is 0 Å². The number of piperidine rings is 1. The van der Waals surface area contributed by atoms with E-state index in [1.54, 1.807) is 26.0 Å². The van der Waals surface area contributed by atoms with Crippen LogP contribution in [0.5, 0.6) is 0 Å². The lowest BCUT2D eigenvalue weighted by molar-refractivity contribution is -0.160. The molecule has 0 bridgehead atoms. The van der Waals surface area contributed by atoms with Gasteiger partial charge in [0, 0.05) is 19.1 Å². The maximum Gasteiger partial charge on any atom is 0.309 e. The molecule has 1 aromatic carbocycles. The van der Waals surface area contributed by atoms with E-state index in [9.17, 15) is 18.0 Å². The van der Waals surface area contributed by atoms with Gasteiger partial charge in [0.1, 0.15) is 0 Å². The fourth-order valence-electron chi connectivity index (χ4n) is 4.97. The van der Waals surface area contributed by atoms with E-state index in [0.29, 0.717) is 29.6 Å². The number of nitrogens with one attached hydrogen (secondary N) is 1. The summed E-state index contributed by atoms with van der Waals surface area (Å²) >= 11 is 0. The van der Waals surface area contributed by atoms with Crippen LogP contribution in [0.1, 0.15) is 64.0 Å². The smallest absolute Gasteiger partial charge is 0.309 e. The van der Waals surface area contributed by atoms with Crippen LogP contribution in [0, 0.1) is 31.6 Å². The van der Waals surface area contributed by atoms with Crippen LogP contribution in [0.15, 0.2) is 23.1 Å². The summed E-state index contributed by atoms with van der Waals surface area (Å²) in [5.41, 5.74) is 1.73. The summed E-state index contributed by atoms with van der Waals surface area (Å²) in [7, 11) is -3.60. The van der Waals surface area contributed by atoms with Crippen molar-refractivity contribution >= 4 is 21.9 Å². The van der Waals surface area contributed by atoms with E-state index in [2.05, 4.69) is 19.2 Å². The van der Waals surface area contributed by atoms with Gasteiger partial charge in [-0.2, -0.15) is 4.31 Å². The van der Waals surface area contributed by atoms with E-state index < -0.39 is 28.0 Å². The molecule has 3 rings (SSSR count). The predicted octanol–water partition coefficient (Wildman–Crippen LogP) is 3.58. The average Bonchev–Trinajstić information content (AvgIpc) is 2.76. The Hall–Kier alpha value is -1.93. The molecule has 1 heterocycles. The standard InChI is InChI=1S/C25H38N2O5S/c1-16-9-10-23(18(3)15-16)33(30,31)27-13-11-21(12-14-27)25(29)32-20(5)24(28)26-22-8-6-7-17(2)19(22)4/h9-10,15,17,19-22H,6-8,11-14H2,1-5H3,(H,26,28)/t17-,19-,20-,22+/m0/s1. The first kappa shape index (κ1) is 25.7. The van der Waals surface area contributed by atoms with Gasteiger partial charge in [-0.15, -0.1) is 0 Å². The molecule has 0 unspecified atom stereocenters. The molecule has 1 N–H and O–H groups in total. The number of benzene rings is 1. The highest BCUT2D eigenvalue weighted by atomic mass is 32.2. The number of esters is 1. The zero-order chi connectivity index (χ0) is 24.3. The summed E-state index contributed by atoms with van der Waals surface area (Å²) in [6.45, 7) is 10.2. The fourth-order valence-corrected chi connectivity index (χ4v) is 6.64. The van der Waals surface area contributed by atoms with Crippen molar-refractivity contribution in [3.05, 3.63) is 29.3 Å². The molecule has 184 valence electrons. The van der Waals surface area contributed by atoms with Crippen LogP contribution in [0.4, 0.5) is 0 Å².